The van der Waals surface area contributed by atoms with E-state index in [1.54, 1.807) is 18.5 Å². The molecule has 3 aromatic rings. The molecule has 0 aliphatic heterocycles. The molecule has 0 bridgehead atoms. The second kappa shape index (κ2) is 6.62. The smallest absolute Gasteiger partial charge is 0.138 e. The quantitative estimate of drug-likeness (QED) is 0.686. The SMILES string of the molecule is CCCOc1ccc2c(Nc3ccc(Cl)nc3)nccc2c1. The molecule has 0 atom stereocenters. The minimum absolute atomic E-state index is 0.467. The Kier molecular flexibility index (Phi) is 4.39. The van der Waals surface area contributed by atoms with E-state index in [0.717, 1.165) is 41.1 Å². The molecule has 0 fully saturated rings. The Morgan fingerprint density at radius 2 is 2.05 bits per heavy atom. The maximum Gasteiger partial charge on any atom is 0.138 e. The molecule has 1 aromatic carbocycles. The second-order valence-electron chi connectivity index (χ2n) is 4.89. The zero-order chi connectivity index (χ0) is 15.4. The summed E-state index contributed by atoms with van der Waals surface area (Å²) < 4.78 is 5.67. The third kappa shape index (κ3) is 3.28. The van der Waals surface area contributed by atoms with Gasteiger partial charge in [-0.2, -0.15) is 0 Å². The van der Waals surface area contributed by atoms with E-state index in [1.165, 1.54) is 0 Å². The average Bonchev–Trinajstić information content (AvgIpc) is 2.55. The van der Waals surface area contributed by atoms with Crippen molar-refractivity contribution >= 4 is 33.9 Å². The van der Waals surface area contributed by atoms with Gasteiger partial charge in [0.25, 0.3) is 0 Å². The molecule has 1 N–H and O–H groups in total. The molecular formula is C17H16ClN3O. The molecule has 0 aliphatic carbocycles. The number of hydrogen-bond donors (Lipinski definition) is 1. The van der Waals surface area contributed by atoms with Gasteiger partial charge in [-0.05, 0) is 48.2 Å². The van der Waals surface area contributed by atoms with E-state index in [-0.39, 0.29) is 0 Å². The average molecular weight is 314 g/mol. The van der Waals surface area contributed by atoms with E-state index < -0.39 is 0 Å². The van der Waals surface area contributed by atoms with Crippen molar-refractivity contribution in [2.75, 3.05) is 11.9 Å². The van der Waals surface area contributed by atoms with Crippen LogP contribution in [0.2, 0.25) is 5.15 Å². The molecule has 2 aromatic heterocycles. The summed E-state index contributed by atoms with van der Waals surface area (Å²) >= 11 is 5.80. The number of aromatic nitrogens is 2. The highest BCUT2D eigenvalue weighted by Crippen LogP contribution is 2.27. The number of pyridine rings is 2. The normalized spacial score (nSPS) is 10.6. The van der Waals surface area contributed by atoms with Crippen molar-refractivity contribution in [2.24, 2.45) is 0 Å². The van der Waals surface area contributed by atoms with E-state index in [0.29, 0.717) is 5.15 Å². The van der Waals surface area contributed by atoms with Gasteiger partial charge in [-0.3, -0.25) is 0 Å². The van der Waals surface area contributed by atoms with Gasteiger partial charge in [0.05, 0.1) is 18.5 Å². The number of halogens is 1. The van der Waals surface area contributed by atoms with Crippen LogP contribution in [0.5, 0.6) is 5.75 Å². The molecule has 112 valence electrons. The molecule has 0 aliphatic rings. The second-order valence-corrected chi connectivity index (χ2v) is 5.27. The predicted octanol–water partition coefficient (Wildman–Crippen LogP) is 4.82. The molecule has 0 spiro atoms. The third-order valence-corrected chi connectivity index (χ3v) is 3.42. The number of nitrogens with zero attached hydrogens (tertiary/aromatic N) is 2. The fraction of sp³-hybridized carbons (Fsp3) is 0.176. The molecule has 0 saturated carbocycles. The van der Waals surface area contributed by atoms with Gasteiger partial charge in [-0.15, -0.1) is 0 Å². The fourth-order valence-electron chi connectivity index (χ4n) is 2.15. The monoisotopic (exact) mass is 313 g/mol. The Morgan fingerprint density at radius 3 is 2.82 bits per heavy atom. The summed E-state index contributed by atoms with van der Waals surface area (Å²) in [5.74, 6) is 1.66. The van der Waals surface area contributed by atoms with Crippen molar-refractivity contribution in [3.8, 4) is 5.75 Å². The number of hydrogen-bond acceptors (Lipinski definition) is 4. The van der Waals surface area contributed by atoms with Gasteiger partial charge in [0, 0.05) is 11.6 Å². The predicted molar refractivity (Wildman–Crippen MR) is 90.1 cm³/mol. The molecule has 0 radical (unpaired) electrons. The number of benzene rings is 1. The zero-order valence-electron chi connectivity index (χ0n) is 12.2. The van der Waals surface area contributed by atoms with Crippen molar-refractivity contribution in [3.05, 3.63) is 53.9 Å². The molecule has 0 amide bonds. The van der Waals surface area contributed by atoms with Gasteiger partial charge in [0.15, 0.2) is 0 Å². The van der Waals surface area contributed by atoms with Gasteiger partial charge in [-0.25, -0.2) is 9.97 Å². The third-order valence-electron chi connectivity index (χ3n) is 3.20. The molecule has 2 heterocycles. The fourth-order valence-corrected chi connectivity index (χ4v) is 2.26. The van der Waals surface area contributed by atoms with Gasteiger partial charge >= 0.3 is 0 Å². The maximum absolute atomic E-state index is 5.80. The summed E-state index contributed by atoms with van der Waals surface area (Å²) in [4.78, 5) is 8.46. The Bertz CT molecular complexity index is 774. The number of anilines is 2. The first-order chi connectivity index (χ1) is 10.8. The van der Waals surface area contributed by atoms with E-state index in [4.69, 9.17) is 16.3 Å². The number of fused-ring (bicyclic) bond motifs is 1. The van der Waals surface area contributed by atoms with Crippen LogP contribution in [0, 0.1) is 0 Å². The van der Waals surface area contributed by atoms with Crippen LogP contribution in [0.4, 0.5) is 11.5 Å². The van der Waals surface area contributed by atoms with Crippen LogP contribution in [-0.4, -0.2) is 16.6 Å². The standard InChI is InChI=1S/C17H16ClN3O/c1-2-9-22-14-4-5-15-12(10-14)7-8-19-17(15)21-13-3-6-16(18)20-11-13/h3-8,10-11H,2,9H2,1H3,(H,19,21). The molecular weight excluding hydrogens is 298 g/mol. The van der Waals surface area contributed by atoms with Crippen molar-refractivity contribution in [3.63, 3.8) is 0 Å². The highest BCUT2D eigenvalue weighted by molar-refractivity contribution is 6.29. The molecule has 22 heavy (non-hydrogen) atoms. The minimum Gasteiger partial charge on any atom is -0.494 e. The first kappa shape index (κ1) is 14.6. The van der Waals surface area contributed by atoms with E-state index in [1.807, 2.05) is 30.3 Å². The molecule has 3 rings (SSSR count). The number of nitrogens with one attached hydrogen (secondary N) is 1. The summed E-state index contributed by atoms with van der Waals surface area (Å²) in [5, 5.41) is 5.84. The van der Waals surface area contributed by atoms with Crippen molar-refractivity contribution < 1.29 is 4.74 Å². The summed E-state index contributed by atoms with van der Waals surface area (Å²) in [5.41, 5.74) is 0.843. The highest BCUT2D eigenvalue weighted by atomic mass is 35.5. The van der Waals surface area contributed by atoms with Crippen molar-refractivity contribution in [1.29, 1.82) is 0 Å². The lowest BCUT2D eigenvalue weighted by Crippen LogP contribution is -1.97. The Morgan fingerprint density at radius 1 is 1.14 bits per heavy atom. The zero-order valence-corrected chi connectivity index (χ0v) is 13.0. The Hall–Kier alpha value is -2.33. The Balaban J connectivity index is 1.91. The van der Waals surface area contributed by atoms with Crippen LogP contribution in [0.15, 0.2) is 48.8 Å². The van der Waals surface area contributed by atoms with E-state index in [2.05, 4.69) is 22.2 Å². The van der Waals surface area contributed by atoms with Crippen LogP contribution >= 0.6 is 11.6 Å². The molecule has 0 saturated heterocycles. The van der Waals surface area contributed by atoms with Crippen LogP contribution in [0.1, 0.15) is 13.3 Å². The Labute approximate surface area is 134 Å². The molecule has 4 nitrogen and oxygen atoms in total. The number of ether oxygens (including phenoxy) is 1. The summed E-state index contributed by atoms with van der Waals surface area (Å²) in [6.45, 7) is 2.81. The van der Waals surface area contributed by atoms with Gasteiger partial charge in [0.1, 0.15) is 16.7 Å². The first-order valence-corrected chi connectivity index (χ1v) is 7.54. The molecule has 5 heteroatoms. The largest absolute Gasteiger partial charge is 0.494 e. The number of rotatable bonds is 5. The lowest BCUT2D eigenvalue weighted by molar-refractivity contribution is 0.318. The lowest BCUT2D eigenvalue weighted by Gasteiger charge is -2.10. The van der Waals surface area contributed by atoms with Gasteiger partial charge in [0.2, 0.25) is 0 Å². The van der Waals surface area contributed by atoms with Gasteiger partial charge < -0.3 is 10.1 Å². The van der Waals surface area contributed by atoms with Crippen LogP contribution in [-0.2, 0) is 0 Å². The van der Waals surface area contributed by atoms with Crippen LogP contribution < -0.4 is 10.1 Å². The van der Waals surface area contributed by atoms with Crippen LogP contribution in [0.25, 0.3) is 10.8 Å². The van der Waals surface area contributed by atoms with Crippen LogP contribution in [0.3, 0.4) is 0 Å². The minimum atomic E-state index is 0.467. The summed E-state index contributed by atoms with van der Waals surface area (Å²) in [7, 11) is 0. The highest BCUT2D eigenvalue weighted by Gasteiger charge is 2.05. The topological polar surface area (TPSA) is 47.0 Å². The first-order valence-electron chi connectivity index (χ1n) is 7.16. The summed E-state index contributed by atoms with van der Waals surface area (Å²) in [6.07, 6.45) is 4.45. The van der Waals surface area contributed by atoms with Crippen molar-refractivity contribution in [2.45, 2.75) is 13.3 Å². The maximum atomic E-state index is 5.80. The van der Waals surface area contributed by atoms with E-state index >= 15 is 0 Å². The lowest BCUT2D eigenvalue weighted by atomic mass is 10.1. The van der Waals surface area contributed by atoms with E-state index in [9.17, 15) is 0 Å². The molecule has 0 unspecified atom stereocenters. The van der Waals surface area contributed by atoms with Gasteiger partial charge in [-0.1, -0.05) is 18.5 Å². The van der Waals surface area contributed by atoms with Crippen molar-refractivity contribution in [1.82, 2.24) is 9.97 Å². The summed E-state index contributed by atoms with van der Waals surface area (Å²) in [6, 6.07) is 11.6.